The Morgan fingerprint density at radius 1 is 1.10 bits per heavy atom. The maximum Gasteiger partial charge on any atom is 0.299 e. The summed E-state index contributed by atoms with van der Waals surface area (Å²) in [5.41, 5.74) is 1.62. The lowest BCUT2D eigenvalue weighted by molar-refractivity contribution is -0.114. The second kappa shape index (κ2) is 7.27. The summed E-state index contributed by atoms with van der Waals surface area (Å²) < 4.78 is 28.2. The van der Waals surface area contributed by atoms with E-state index in [1.807, 2.05) is 37.4 Å². The van der Waals surface area contributed by atoms with Crippen molar-refractivity contribution in [2.24, 2.45) is 0 Å². The van der Waals surface area contributed by atoms with Crippen LogP contribution in [0.3, 0.4) is 0 Å². The Morgan fingerprint density at radius 2 is 1.83 bits per heavy atom. The molecule has 8 heteroatoms. The van der Waals surface area contributed by atoms with Crippen LogP contribution in [0.25, 0.3) is 0 Å². The van der Waals surface area contributed by atoms with Crippen LogP contribution in [0.4, 0.5) is 11.4 Å². The molecule has 0 bridgehead atoms. The maximum atomic E-state index is 13.3. The highest BCUT2D eigenvalue weighted by Gasteiger charge is 2.38. The smallest absolute Gasteiger partial charge is 0.299 e. The number of ketones is 1. The SMILES string of the molecule is CN(C[C@@H]1CCCN1S(=O)(=O)c1ccc2c(c1)C(=O)C(=O)N2C)c1ccccc1. The molecule has 0 saturated carbocycles. The molecule has 2 aromatic rings. The molecule has 2 heterocycles. The number of Topliss-reactive ketones (excluding diaryl/α,β-unsaturated/α-hetero) is 1. The van der Waals surface area contributed by atoms with Crippen LogP contribution in [-0.2, 0) is 14.8 Å². The molecule has 0 unspecified atom stereocenters. The molecule has 0 aliphatic carbocycles. The van der Waals surface area contributed by atoms with Gasteiger partial charge >= 0.3 is 0 Å². The van der Waals surface area contributed by atoms with Gasteiger partial charge in [-0.05, 0) is 43.2 Å². The van der Waals surface area contributed by atoms with E-state index in [0.29, 0.717) is 18.8 Å². The van der Waals surface area contributed by atoms with Gasteiger partial charge in [-0.25, -0.2) is 8.42 Å². The quantitative estimate of drug-likeness (QED) is 0.702. The largest absolute Gasteiger partial charge is 0.373 e. The number of amides is 1. The van der Waals surface area contributed by atoms with E-state index in [-0.39, 0.29) is 16.5 Å². The standard InChI is InChI=1S/C21H23N3O4S/c1-22(15-7-4-3-5-8-15)14-16-9-6-12-24(16)29(27,28)17-10-11-19-18(13-17)20(25)21(26)23(19)2/h3-5,7-8,10-11,13,16H,6,9,12,14H2,1-2H3/t16-/m0/s1. The Balaban J connectivity index is 1.60. The summed E-state index contributed by atoms with van der Waals surface area (Å²) in [5, 5.41) is 0. The van der Waals surface area contributed by atoms with Crippen molar-refractivity contribution in [3.63, 3.8) is 0 Å². The predicted octanol–water partition coefficient (Wildman–Crippen LogP) is 2.14. The molecule has 1 amide bonds. The number of carbonyl (C=O) groups is 2. The fraction of sp³-hybridized carbons (Fsp3) is 0.333. The Hall–Kier alpha value is -2.71. The third-order valence-electron chi connectivity index (χ3n) is 5.68. The summed E-state index contributed by atoms with van der Waals surface area (Å²) in [4.78, 5) is 27.4. The molecule has 0 aromatic heterocycles. The molecule has 29 heavy (non-hydrogen) atoms. The van der Waals surface area contributed by atoms with Crippen molar-refractivity contribution in [1.82, 2.24) is 4.31 Å². The topological polar surface area (TPSA) is 78.0 Å². The van der Waals surface area contributed by atoms with Gasteiger partial charge in [-0.1, -0.05) is 18.2 Å². The summed E-state index contributed by atoms with van der Waals surface area (Å²) in [6.45, 7) is 1.02. The molecule has 0 spiro atoms. The van der Waals surface area contributed by atoms with Crippen LogP contribution in [-0.4, -0.2) is 57.6 Å². The van der Waals surface area contributed by atoms with Crippen LogP contribution in [0.2, 0.25) is 0 Å². The first-order chi connectivity index (χ1) is 13.8. The van der Waals surface area contributed by atoms with E-state index in [2.05, 4.69) is 4.90 Å². The average Bonchev–Trinajstić information content (AvgIpc) is 3.28. The fourth-order valence-corrected chi connectivity index (χ4v) is 5.79. The number of nitrogens with zero attached hydrogens (tertiary/aromatic N) is 3. The van der Waals surface area contributed by atoms with Crippen molar-refractivity contribution in [3.05, 3.63) is 54.1 Å². The van der Waals surface area contributed by atoms with Crippen LogP contribution in [0.5, 0.6) is 0 Å². The number of carbonyl (C=O) groups excluding carboxylic acids is 2. The van der Waals surface area contributed by atoms with Gasteiger partial charge in [-0.3, -0.25) is 9.59 Å². The molecule has 0 N–H and O–H groups in total. The van der Waals surface area contributed by atoms with Gasteiger partial charge in [0, 0.05) is 38.9 Å². The van der Waals surface area contributed by atoms with Gasteiger partial charge < -0.3 is 9.80 Å². The molecular formula is C21H23N3O4S. The molecular weight excluding hydrogens is 390 g/mol. The zero-order valence-corrected chi connectivity index (χ0v) is 17.2. The van der Waals surface area contributed by atoms with E-state index >= 15 is 0 Å². The number of benzene rings is 2. The van der Waals surface area contributed by atoms with E-state index in [1.54, 1.807) is 0 Å². The Morgan fingerprint density at radius 3 is 2.55 bits per heavy atom. The van der Waals surface area contributed by atoms with Crippen molar-refractivity contribution in [1.29, 1.82) is 0 Å². The van der Waals surface area contributed by atoms with Crippen LogP contribution >= 0.6 is 0 Å². The number of anilines is 2. The number of fused-ring (bicyclic) bond motifs is 1. The van der Waals surface area contributed by atoms with Crippen LogP contribution < -0.4 is 9.80 Å². The fourth-order valence-electron chi connectivity index (χ4n) is 4.07. The number of hydrogen-bond acceptors (Lipinski definition) is 5. The highest BCUT2D eigenvalue weighted by molar-refractivity contribution is 7.89. The molecule has 1 saturated heterocycles. The number of sulfonamides is 1. The molecule has 2 aromatic carbocycles. The number of rotatable bonds is 5. The lowest BCUT2D eigenvalue weighted by Crippen LogP contribution is -2.42. The molecule has 2 aliphatic heterocycles. The molecule has 7 nitrogen and oxygen atoms in total. The molecule has 0 radical (unpaired) electrons. The Labute approximate surface area is 170 Å². The van der Waals surface area contributed by atoms with Crippen molar-refractivity contribution < 1.29 is 18.0 Å². The number of para-hydroxylation sites is 1. The normalized spacial score (nSPS) is 19.7. The molecule has 2 aliphatic rings. The minimum atomic E-state index is -3.77. The number of likely N-dealkylation sites (N-methyl/N-ethyl adjacent to an activating group) is 2. The van der Waals surface area contributed by atoms with Gasteiger partial charge in [0.25, 0.3) is 11.7 Å². The van der Waals surface area contributed by atoms with E-state index in [0.717, 1.165) is 18.5 Å². The van der Waals surface area contributed by atoms with E-state index < -0.39 is 21.7 Å². The second-order valence-corrected chi connectivity index (χ2v) is 9.39. The van der Waals surface area contributed by atoms with Gasteiger partial charge in [-0.2, -0.15) is 4.31 Å². The minimum absolute atomic E-state index is 0.0574. The van der Waals surface area contributed by atoms with Gasteiger partial charge in [0.15, 0.2) is 0 Å². The summed E-state index contributed by atoms with van der Waals surface area (Å²) in [6, 6.07) is 14.0. The zero-order valence-electron chi connectivity index (χ0n) is 16.4. The zero-order chi connectivity index (χ0) is 20.8. The van der Waals surface area contributed by atoms with Crippen LogP contribution in [0.15, 0.2) is 53.4 Å². The first kappa shape index (κ1) is 19.6. The van der Waals surface area contributed by atoms with Crippen molar-refractivity contribution in [2.75, 3.05) is 37.0 Å². The summed E-state index contributed by atoms with van der Waals surface area (Å²) in [5.74, 6) is -1.31. The van der Waals surface area contributed by atoms with Crippen molar-refractivity contribution >= 4 is 33.1 Å². The number of hydrogen-bond donors (Lipinski definition) is 0. The maximum absolute atomic E-state index is 13.3. The Bertz CT molecular complexity index is 1070. The van der Waals surface area contributed by atoms with Crippen LogP contribution in [0, 0.1) is 0 Å². The molecule has 152 valence electrons. The molecule has 1 fully saturated rings. The lowest BCUT2D eigenvalue weighted by atomic mass is 10.1. The third kappa shape index (κ3) is 3.32. The van der Waals surface area contributed by atoms with Crippen molar-refractivity contribution in [2.45, 2.75) is 23.8 Å². The Kier molecular flexibility index (Phi) is 4.92. The third-order valence-corrected chi connectivity index (χ3v) is 7.63. The first-order valence-corrected chi connectivity index (χ1v) is 11.0. The van der Waals surface area contributed by atoms with E-state index in [1.165, 1.54) is 34.5 Å². The van der Waals surface area contributed by atoms with Gasteiger partial charge in [0.2, 0.25) is 10.0 Å². The minimum Gasteiger partial charge on any atom is -0.373 e. The first-order valence-electron chi connectivity index (χ1n) is 9.55. The van der Waals surface area contributed by atoms with Crippen LogP contribution in [0.1, 0.15) is 23.2 Å². The summed E-state index contributed by atoms with van der Waals surface area (Å²) in [6.07, 6.45) is 1.57. The van der Waals surface area contributed by atoms with E-state index in [9.17, 15) is 18.0 Å². The second-order valence-electron chi connectivity index (χ2n) is 7.50. The summed E-state index contributed by atoms with van der Waals surface area (Å²) in [7, 11) is -0.309. The molecule has 1 atom stereocenters. The van der Waals surface area contributed by atoms with Gasteiger partial charge in [0.1, 0.15) is 0 Å². The van der Waals surface area contributed by atoms with Gasteiger partial charge in [0.05, 0.1) is 16.1 Å². The average molecular weight is 413 g/mol. The highest BCUT2D eigenvalue weighted by atomic mass is 32.2. The van der Waals surface area contributed by atoms with Gasteiger partial charge in [-0.15, -0.1) is 0 Å². The predicted molar refractivity (Wildman–Crippen MR) is 111 cm³/mol. The summed E-state index contributed by atoms with van der Waals surface area (Å²) >= 11 is 0. The van der Waals surface area contributed by atoms with Crippen molar-refractivity contribution in [3.8, 4) is 0 Å². The highest BCUT2D eigenvalue weighted by Crippen LogP contribution is 2.33. The molecule has 4 rings (SSSR count). The monoisotopic (exact) mass is 413 g/mol. The van der Waals surface area contributed by atoms with E-state index in [4.69, 9.17) is 0 Å². The lowest BCUT2D eigenvalue weighted by Gasteiger charge is -2.29.